The average molecular weight is 434 g/mol. The molecule has 0 amide bonds. The van der Waals surface area contributed by atoms with Crippen LogP contribution in [0.15, 0.2) is 75.1 Å². The largest absolute Gasteiger partial charge is 0.431 e. The molecular weight excluding hydrogens is 410 g/mol. The molecule has 3 heterocycles. The summed E-state index contributed by atoms with van der Waals surface area (Å²) in [7, 11) is 0. The molecule has 0 radical (unpaired) electrons. The van der Waals surface area contributed by atoms with Gasteiger partial charge in [-0.15, -0.1) is 0 Å². The molecule has 5 rings (SSSR count). The highest BCUT2D eigenvalue weighted by Crippen LogP contribution is 2.25. The fraction of sp³-hybridized carbons (Fsp3) is 0.261. The Morgan fingerprint density at radius 3 is 2.55 bits per heavy atom. The van der Waals surface area contributed by atoms with Gasteiger partial charge in [0.2, 0.25) is 5.95 Å². The van der Waals surface area contributed by atoms with Crippen LogP contribution in [0.3, 0.4) is 0 Å². The van der Waals surface area contributed by atoms with E-state index in [0.29, 0.717) is 16.9 Å². The second-order valence-corrected chi connectivity index (χ2v) is 8.47. The molecule has 0 bridgehead atoms. The molecule has 1 fully saturated rings. The van der Waals surface area contributed by atoms with E-state index in [1.165, 1.54) is 17.3 Å². The number of hydrogen-bond donors (Lipinski definition) is 1. The van der Waals surface area contributed by atoms with Gasteiger partial charge in [0.05, 0.1) is 5.69 Å². The molecule has 0 saturated carbocycles. The van der Waals surface area contributed by atoms with Crippen LogP contribution in [0.5, 0.6) is 0 Å². The molecule has 7 nitrogen and oxygen atoms in total. The highest BCUT2D eigenvalue weighted by molar-refractivity contribution is 7.98. The third kappa shape index (κ3) is 4.81. The van der Waals surface area contributed by atoms with Crippen LogP contribution in [-0.4, -0.2) is 46.0 Å². The summed E-state index contributed by atoms with van der Waals surface area (Å²) >= 11 is 1.45. The van der Waals surface area contributed by atoms with Crippen molar-refractivity contribution in [3.63, 3.8) is 0 Å². The van der Waals surface area contributed by atoms with Crippen molar-refractivity contribution in [2.24, 2.45) is 0 Å². The lowest BCUT2D eigenvalue weighted by molar-refractivity contribution is 0.248. The second-order valence-electron chi connectivity index (χ2n) is 7.55. The number of aromatic nitrogens is 3. The predicted molar refractivity (Wildman–Crippen MR) is 122 cm³/mol. The molecule has 0 unspecified atom stereocenters. The van der Waals surface area contributed by atoms with E-state index in [-0.39, 0.29) is 5.56 Å². The van der Waals surface area contributed by atoms with Crippen LogP contribution >= 0.6 is 11.8 Å². The Labute approximate surface area is 184 Å². The summed E-state index contributed by atoms with van der Waals surface area (Å²) < 4.78 is 5.75. The first kappa shape index (κ1) is 19.8. The summed E-state index contributed by atoms with van der Waals surface area (Å²) in [6.45, 7) is 4.47. The Balaban J connectivity index is 1.22. The maximum Gasteiger partial charge on any atom is 0.257 e. The zero-order valence-electron chi connectivity index (χ0n) is 17.0. The van der Waals surface area contributed by atoms with Gasteiger partial charge in [0.15, 0.2) is 5.58 Å². The molecule has 1 aliphatic heterocycles. The molecule has 4 aromatic rings. The molecule has 31 heavy (non-hydrogen) atoms. The molecule has 158 valence electrons. The SMILES string of the molecule is O=c1cc(CSc2nc3ccccc3o2)nc(N2CCN(Cc3ccccc3)CC2)[nH]1. The minimum Gasteiger partial charge on any atom is -0.431 e. The fourth-order valence-electron chi connectivity index (χ4n) is 3.73. The first-order chi connectivity index (χ1) is 15.2. The number of benzene rings is 2. The number of oxazole rings is 1. The Bertz CT molecular complexity index is 1180. The van der Waals surface area contributed by atoms with Crippen LogP contribution in [0.4, 0.5) is 5.95 Å². The van der Waals surface area contributed by atoms with E-state index in [2.05, 4.69) is 44.0 Å². The number of piperazine rings is 1. The van der Waals surface area contributed by atoms with E-state index in [0.717, 1.165) is 49.5 Å². The van der Waals surface area contributed by atoms with Gasteiger partial charge >= 0.3 is 0 Å². The highest BCUT2D eigenvalue weighted by Gasteiger charge is 2.19. The lowest BCUT2D eigenvalue weighted by Crippen LogP contribution is -2.47. The monoisotopic (exact) mass is 433 g/mol. The van der Waals surface area contributed by atoms with Gasteiger partial charge in [0, 0.05) is 44.5 Å². The fourth-order valence-corrected chi connectivity index (χ4v) is 4.46. The van der Waals surface area contributed by atoms with Crippen molar-refractivity contribution in [3.8, 4) is 0 Å². The number of hydrogen-bond acceptors (Lipinski definition) is 7. The Hall–Kier alpha value is -3.10. The van der Waals surface area contributed by atoms with Crippen molar-refractivity contribution < 1.29 is 4.42 Å². The molecule has 0 aliphatic carbocycles. The van der Waals surface area contributed by atoms with Crippen molar-refractivity contribution in [3.05, 3.63) is 82.3 Å². The van der Waals surface area contributed by atoms with Gasteiger partial charge < -0.3 is 9.32 Å². The number of fused-ring (bicyclic) bond motifs is 1. The number of rotatable bonds is 6. The zero-order chi connectivity index (χ0) is 21.0. The summed E-state index contributed by atoms with van der Waals surface area (Å²) in [5.41, 5.74) is 3.50. The van der Waals surface area contributed by atoms with E-state index < -0.39 is 0 Å². The first-order valence-electron chi connectivity index (χ1n) is 10.3. The van der Waals surface area contributed by atoms with E-state index in [1.54, 1.807) is 6.07 Å². The van der Waals surface area contributed by atoms with Crippen molar-refractivity contribution in [1.82, 2.24) is 19.9 Å². The zero-order valence-corrected chi connectivity index (χ0v) is 17.8. The lowest BCUT2D eigenvalue weighted by Gasteiger charge is -2.35. The maximum atomic E-state index is 12.2. The maximum absolute atomic E-state index is 12.2. The summed E-state index contributed by atoms with van der Waals surface area (Å²) in [6, 6.07) is 19.7. The molecule has 1 aliphatic rings. The molecule has 0 spiro atoms. The van der Waals surface area contributed by atoms with E-state index in [9.17, 15) is 4.79 Å². The third-order valence-electron chi connectivity index (χ3n) is 5.32. The van der Waals surface area contributed by atoms with E-state index in [4.69, 9.17) is 9.40 Å². The molecular formula is C23H23N5O2S. The third-order valence-corrected chi connectivity index (χ3v) is 6.18. The van der Waals surface area contributed by atoms with Crippen LogP contribution in [-0.2, 0) is 12.3 Å². The molecule has 2 aromatic carbocycles. The Morgan fingerprint density at radius 2 is 1.74 bits per heavy atom. The summed E-state index contributed by atoms with van der Waals surface area (Å²) in [4.78, 5) is 28.9. The van der Waals surface area contributed by atoms with Crippen LogP contribution in [0.1, 0.15) is 11.3 Å². The quantitative estimate of drug-likeness (QED) is 0.466. The average Bonchev–Trinajstić information content (AvgIpc) is 3.22. The van der Waals surface area contributed by atoms with Crippen molar-refractivity contribution >= 4 is 28.8 Å². The van der Waals surface area contributed by atoms with Crippen LogP contribution in [0.2, 0.25) is 0 Å². The highest BCUT2D eigenvalue weighted by atomic mass is 32.2. The molecule has 8 heteroatoms. The number of H-pyrrole nitrogens is 1. The van der Waals surface area contributed by atoms with Crippen molar-refractivity contribution in [2.75, 3.05) is 31.1 Å². The number of nitrogens with zero attached hydrogens (tertiary/aromatic N) is 4. The predicted octanol–water partition coefficient (Wildman–Crippen LogP) is 3.53. The number of nitrogens with one attached hydrogen (secondary N) is 1. The van der Waals surface area contributed by atoms with Crippen LogP contribution in [0, 0.1) is 0 Å². The van der Waals surface area contributed by atoms with Crippen LogP contribution in [0.25, 0.3) is 11.1 Å². The second kappa shape index (κ2) is 8.95. The van der Waals surface area contributed by atoms with Crippen molar-refractivity contribution in [1.29, 1.82) is 0 Å². The molecule has 1 N–H and O–H groups in total. The van der Waals surface area contributed by atoms with E-state index >= 15 is 0 Å². The minimum atomic E-state index is -0.134. The van der Waals surface area contributed by atoms with Gasteiger partial charge in [-0.25, -0.2) is 9.97 Å². The topological polar surface area (TPSA) is 78.3 Å². The van der Waals surface area contributed by atoms with Crippen LogP contribution < -0.4 is 10.5 Å². The minimum absolute atomic E-state index is 0.134. The molecule has 0 atom stereocenters. The standard InChI is InChI=1S/C23H23N5O2S/c29-21-14-18(16-31-23-25-19-8-4-5-9-20(19)30-23)24-22(26-21)28-12-10-27(11-13-28)15-17-6-2-1-3-7-17/h1-9,14H,10-13,15-16H2,(H,24,26,29). The number of anilines is 1. The smallest absolute Gasteiger partial charge is 0.257 e. The number of para-hydroxylation sites is 2. The summed E-state index contributed by atoms with van der Waals surface area (Å²) in [6.07, 6.45) is 0. The van der Waals surface area contributed by atoms with Gasteiger partial charge in [0.1, 0.15) is 5.52 Å². The van der Waals surface area contributed by atoms with Gasteiger partial charge in [-0.2, -0.15) is 0 Å². The van der Waals surface area contributed by atoms with Gasteiger partial charge in [-0.05, 0) is 17.7 Å². The summed E-state index contributed by atoms with van der Waals surface area (Å²) in [5.74, 6) is 1.16. The normalized spacial score (nSPS) is 14.9. The first-order valence-corrected chi connectivity index (χ1v) is 11.3. The Morgan fingerprint density at radius 1 is 0.968 bits per heavy atom. The van der Waals surface area contributed by atoms with Gasteiger partial charge in [0.25, 0.3) is 10.8 Å². The van der Waals surface area contributed by atoms with E-state index in [1.807, 2.05) is 30.3 Å². The van der Waals surface area contributed by atoms with Gasteiger partial charge in [-0.1, -0.05) is 54.2 Å². The number of thioether (sulfide) groups is 1. The molecule has 1 saturated heterocycles. The number of aromatic amines is 1. The summed E-state index contributed by atoms with van der Waals surface area (Å²) in [5, 5.41) is 0.583. The Kier molecular flexibility index (Phi) is 5.73. The lowest BCUT2D eigenvalue weighted by atomic mass is 10.2. The van der Waals surface area contributed by atoms with Gasteiger partial charge in [-0.3, -0.25) is 14.7 Å². The van der Waals surface area contributed by atoms with Crippen molar-refractivity contribution in [2.45, 2.75) is 17.5 Å². The molecule has 2 aromatic heterocycles.